The van der Waals surface area contributed by atoms with Gasteiger partial charge in [-0.1, -0.05) is 49.4 Å². The summed E-state index contributed by atoms with van der Waals surface area (Å²) in [5, 5.41) is 12.0. The molecule has 0 aliphatic rings. The van der Waals surface area contributed by atoms with Crippen LogP contribution >= 0.6 is 0 Å². The molecule has 0 radical (unpaired) electrons. The highest BCUT2D eigenvalue weighted by Gasteiger charge is 2.41. The Hall–Kier alpha value is -2.89. The van der Waals surface area contributed by atoms with Crippen LogP contribution in [0.2, 0.25) is 0 Å². The normalized spacial score (nSPS) is 12.9. The molecule has 0 heterocycles. The Morgan fingerprint density at radius 2 is 1.88 bits per heavy atom. The number of ether oxygens (including phenoxy) is 1. The summed E-state index contributed by atoms with van der Waals surface area (Å²) >= 11 is 0. The highest BCUT2D eigenvalue weighted by molar-refractivity contribution is 5.85. The molecule has 24 heavy (non-hydrogen) atoms. The molecular weight excluding hydrogens is 313 g/mol. The molecule has 0 saturated heterocycles. The Bertz CT molecular complexity index is 720. The van der Waals surface area contributed by atoms with Crippen LogP contribution in [0.4, 0.5) is 9.18 Å². The van der Waals surface area contributed by atoms with Crippen LogP contribution in [0.3, 0.4) is 0 Å². The Labute approximate surface area is 139 Å². The number of amides is 1. The van der Waals surface area contributed by atoms with Gasteiger partial charge < -0.3 is 15.2 Å². The maximum Gasteiger partial charge on any atom is 0.408 e. The maximum absolute atomic E-state index is 13.5. The van der Waals surface area contributed by atoms with Crippen molar-refractivity contribution < 1.29 is 23.8 Å². The van der Waals surface area contributed by atoms with Crippen LogP contribution < -0.4 is 5.32 Å². The van der Waals surface area contributed by atoms with E-state index in [0.29, 0.717) is 0 Å². The summed E-state index contributed by atoms with van der Waals surface area (Å²) in [5.41, 5.74) is -0.833. The van der Waals surface area contributed by atoms with Crippen molar-refractivity contribution in [3.8, 4) is 0 Å². The lowest BCUT2D eigenvalue weighted by Crippen LogP contribution is -2.51. The average Bonchev–Trinajstić information content (AvgIpc) is 2.58. The van der Waals surface area contributed by atoms with Crippen molar-refractivity contribution >= 4 is 12.1 Å². The number of alkyl carbamates (subject to hydrolysis) is 1. The van der Waals surface area contributed by atoms with Crippen LogP contribution in [0.15, 0.2) is 54.6 Å². The number of carboxylic acid groups (broad SMARTS) is 1. The van der Waals surface area contributed by atoms with Crippen LogP contribution in [-0.2, 0) is 21.7 Å². The number of hydrogen-bond acceptors (Lipinski definition) is 3. The minimum atomic E-state index is -1.75. The van der Waals surface area contributed by atoms with Crippen molar-refractivity contribution in [3.05, 3.63) is 71.5 Å². The van der Waals surface area contributed by atoms with Crippen molar-refractivity contribution in [1.29, 1.82) is 0 Å². The van der Waals surface area contributed by atoms with Gasteiger partial charge in [0.25, 0.3) is 0 Å². The van der Waals surface area contributed by atoms with Gasteiger partial charge in [0.2, 0.25) is 0 Å². The van der Waals surface area contributed by atoms with E-state index in [1.54, 1.807) is 31.2 Å². The monoisotopic (exact) mass is 331 g/mol. The van der Waals surface area contributed by atoms with Crippen LogP contribution in [-0.4, -0.2) is 17.2 Å². The van der Waals surface area contributed by atoms with E-state index in [1.165, 1.54) is 18.2 Å². The second-order valence-corrected chi connectivity index (χ2v) is 5.26. The first-order valence-electron chi connectivity index (χ1n) is 7.46. The van der Waals surface area contributed by atoms with Crippen LogP contribution in [0, 0.1) is 5.82 Å². The minimum Gasteiger partial charge on any atom is -0.479 e. The summed E-state index contributed by atoms with van der Waals surface area (Å²) in [4.78, 5) is 23.8. The molecule has 2 aromatic rings. The highest BCUT2D eigenvalue weighted by atomic mass is 19.1. The number of carbonyl (C=O) groups is 2. The van der Waals surface area contributed by atoms with Gasteiger partial charge in [-0.05, 0) is 29.7 Å². The summed E-state index contributed by atoms with van der Waals surface area (Å²) in [6, 6.07) is 14.2. The molecule has 1 unspecified atom stereocenters. The predicted molar refractivity (Wildman–Crippen MR) is 85.8 cm³/mol. The molecular formula is C18H18FNO4. The molecule has 0 spiro atoms. The number of nitrogens with one attached hydrogen (secondary N) is 1. The smallest absolute Gasteiger partial charge is 0.408 e. The summed E-state index contributed by atoms with van der Waals surface area (Å²) in [5.74, 6) is -1.86. The van der Waals surface area contributed by atoms with Crippen molar-refractivity contribution in [2.75, 3.05) is 0 Å². The average molecular weight is 331 g/mol. The van der Waals surface area contributed by atoms with Crippen LogP contribution in [0.1, 0.15) is 24.5 Å². The zero-order chi connectivity index (χ0) is 17.6. The molecule has 2 aromatic carbocycles. The van der Waals surface area contributed by atoms with E-state index in [2.05, 4.69) is 5.32 Å². The fourth-order valence-electron chi connectivity index (χ4n) is 2.38. The Morgan fingerprint density at radius 3 is 2.46 bits per heavy atom. The lowest BCUT2D eigenvalue weighted by Gasteiger charge is -2.29. The van der Waals surface area contributed by atoms with Gasteiger partial charge in [0.05, 0.1) is 0 Å². The summed E-state index contributed by atoms with van der Waals surface area (Å²) in [6.45, 7) is 1.60. The van der Waals surface area contributed by atoms with Crippen LogP contribution in [0.25, 0.3) is 0 Å². The second kappa shape index (κ2) is 7.59. The van der Waals surface area contributed by atoms with E-state index in [0.717, 1.165) is 11.6 Å². The van der Waals surface area contributed by atoms with Gasteiger partial charge in [-0.2, -0.15) is 0 Å². The van der Waals surface area contributed by atoms with E-state index >= 15 is 0 Å². The topological polar surface area (TPSA) is 75.6 Å². The second-order valence-electron chi connectivity index (χ2n) is 5.26. The SMILES string of the molecule is CCC(NC(=O)OCc1ccccc1)(C(=O)O)c1cccc(F)c1. The molecule has 0 saturated carbocycles. The van der Waals surface area contributed by atoms with Gasteiger partial charge in [-0.15, -0.1) is 0 Å². The van der Waals surface area contributed by atoms with Crippen molar-refractivity contribution in [3.63, 3.8) is 0 Å². The first-order valence-corrected chi connectivity index (χ1v) is 7.46. The lowest BCUT2D eigenvalue weighted by atomic mass is 9.87. The van der Waals surface area contributed by atoms with Crippen molar-refractivity contribution in [2.24, 2.45) is 0 Å². The van der Waals surface area contributed by atoms with Crippen molar-refractivity contribution in [2.45, 2.75) is 25.5 Å². The van der Waals surface area contributed by atoms with Crippen molar-refractivity contribution in [1.82, 2.24) is 5.32 Å². The highest BCUT2D eigenvalue weighted by Crippen LogP contribution is 2.26. The minimum absolute atomic E-state index is 0.00916. The van der Waals surface area contributed by atoms with Gasteiger partial charge >= 0.3 is 12.1 Å². The molecule has 2 rings (SSSR count). The zero-order valence-corrected chi connectivity index (χ0v) is 13.2. The number of rotatable bonds is 6. The fourth-order valence-corrected chi connectivity index (χ4v) is 2.38. The Morgan fingerprint density at radius 1 is 1.17 bits per heavy atom. The lowest BCUT2D eigenvalue weighted by molar-refractivity contribution is -0.145. The first kappa shape index (κ1) is 17.5. The summed E-state index contributed by atoms with van der Waals surface area (Å²) < 4.78 is 18.5. The molecule has 2 N–H and O–H groups in total. The Kier molecular flexibility index (Phi) is 5.52. The van der Waals surface area contributed by atoms with Gasteiger partial charge in [0.15, 0.2) is 5.54 Å². The number of benzene rings is 2. The van der Waals surface area contributed by atoms with E-state index in [1.807, 2.05) is 6.07 Å². The number of halogens is 1. The largest absolute Gasteiger partial charge is 0.479 e. The van der Waals surface area contributed by atoms with E-state index in [9.17, 15) is 19.1 Å². The predicted octanol–water partition coefficient (Wildman–Crippen LogP) is 3.44. The number of carboxylic acids is 1. The molecule has 1 atom stereocenters. The molecule has 126 valence electrons. The maximum atomic E-state index is 13.5. The van der Waals surface area contributed by atoms with Gasteiger partial charge in [-0.25, -0.2) is 14.0 Å². The summed E-state index contributed by atoms with van der Waals surface area (Å²) in [7, 11) is 0. The molecule has 0 fully saturated rings. The van der Waals surface area contributed by atoms with Crippen LogP contribution in [0.5, 0.6) is 0 Å². The molecule has 1 amide bonds. The van der Waals surface area contributed by atoms with Gasteiger partial charge in [0.1, 0.15) is 12.4 Å². The molecule has 6 heteroatoms. The Balaban J connectivity index is 2.17. The third kappa shape index (κ3) is 3.90. The molecule has 0 aliphatic heterocycles. The van der Waals surface area contributed by atoms with Gasteiger partial charge in [0, 0.05) is 0 Å². The number of carbonyl (C=O) groups excluding carboxylic acids is 1. The molecule has 0 aliphatic carbocycles. The third-order valence-electron chi connectivity index (χ3n) is 3.74. The molecule has 5 nitrogen and oxygen atoms in total. The van der Waals surface area contributed by atoms with E-state index in [-0.39, 0.29) is 18.6 Å². The van der Waals surface area contributed by atoms with E-state index in [4.69, 9.17) is 4.74 Å². The third-order valence-corrected chi connectivity index (χ3v) is 3.74. The standard InChI is InChI=1S/C18H18FNO4/c1-2-18(16(21)22,14-9-6-10-15(19)11-14)20-17(23)24-12-13-7-4-3-5-8-13/h3-11H,2,12H2,1H3,(H,20,23)(H,21,22). The first-order chi connectivity index (χ1) is 11.5. The zero-order valence-electron chi connectivity index (χ0n) is 13.2. The number of aliphatic carboxylic acids is 1. The molecule has 0 bridgehead atoms. The van der Waals surface area contributed by atoms with Gasteiger partial charge in [-0.3, -0.25) is 0 Å². The molecule has 0 aromatic heterocycles. The van der Waals surface area contributed by atoms with E-state index < -0.39 is 23.4 Å². The fraction of sp³-hybridized carbons (Fsp3) is 0.222. The quantitative estimate of drug-likeness (QED) is 0.850. The summed E-state index contributed by atoms with van der Waals surface area (Å²) in [6.07, 6.45) is -0.848. The number of hydrogen-bond donors (Lipinski definition) is 2.